The molecule has 0 aromatic heterocycles. The second kappa shape index (κ2) is 19.6. The van der Waals surface area contributed by atoms with Gasteiger partial charge in [0.25, 0.3) is 0 Å². The summed E-state index contributed by atoms with van der Waals surface area (Å²) in [5, 5.41) is 48.9. The van der Waals surface area contributed by atoms with Crippen molar-refractivity contribution in [3.05, 3.63) is 23.5 Å². The largest absolute Gasteiger partial charge is 0.481 e. The van der Waals surface area contributed by atoms with Crippen LogP contribution in [0.2, 0.25) is 0 Å². The van der Waals surface area contributed by atoms with Crippen LogP contribution >= 0.6 is 0 Å². The zero-order chi connectivity index (χ0) is 30.1. The molecule has 1 aliphatic heterocycles. The number of dihydropyridines is 1. The highest BCUT2D eigenvalue weighted by Gasteiger charge is 2.44. The van der Waals surface area contributed by atoms with Crippen LogP contribution in [0.3, 0.4) is 0 Å². The first-order valence-electron chi connectivity index (χ1n) is 16.6. The molecule has 0 saturated heterocycles. The van der Waals surface area contributed by atoms with Crippen molar-refractivity contribution in [2.45, 2.75) is 141 Å². The number of hydrogen-bond donors (Lipinski definition) is 7. The summed E-state index contributed by atoms with van der Waals surface area (Å²) in [5.41, 5.74) is 6.26. The quantitative estimate of drug-likeness (QED) is 0.0839. The van der Waals surface area contributed by atoms with Gasteiger partial charge in [0.05, 0.1) is 29.5 Å². The molecule has 2 rings (SSSR count). The van der Waals surface area contributed by atoms with E-state index in [1.54, 1.807) is 0 Å². The van der Waals surface area contributed by atoms with Crippen LogP contribution in [0, 0.1) is 17.8 Å². The number of rotatable bonds is 23. The summed E-state index contributed by atoms with van der Waals surface area (Å²) in [6.45, 7) is 6.72. The van der Waals surface area contributed by atoms with Gasteiger partial charge in [-0.1, -0.05) is 77.7 Å². The molecule has 2 aliphatic rings. The van der Waals surface area contributed by atoms with Gasteiger partial charge in [-0.15, -0.1) is 0 Å². The maximum absolute atomic E-state index is 12.0. The van der Waals surface area contributed by atoms with Gasteiger partial charge in [-0.25, -0.2) is 0 Å². The summed E-state index contributed by atoms with van der Waals surface area (Å²) in [6.07, 6.45) is 17.5. The van der Waals surface area contributed by atoms with Crippen LogP contribution in [-0.4, -0.2) is 63.8 Å². The summed E-state index contributed by atoms with van der Waals surface area (Å²) < 4.78 is 0. The number of unbranched alkanes of at least 4 members (excludes halogenated alkanes) is 7. The minimum Gasteiger partial charge on any atom is -0.481 e. The highest BCUT2D eigenvalue weighted by molar-refractivity contribution is 5.70. The molecule has 8 heteroatoms. The molecule has 1 aliphatic carbocycles. The fourth-order valence-electron chi connectivity index (χ4n) is 6.78. The van der Waals surface area contributed by atoms with Gasteiger partial charge >= 0.3 is 5.97 Å². The van der Waals surface area contributed by atoms with Crippen molar-refractivity contribution >= 4 is 5.97 Å². The molecule has 8 N–H and O–H groups in total. The lowest BCUT2D eigenvalue weighted by atomic mass is 9.86. The minimum absolute atomic E-state index is 0.227. The molecular weight excluding hydrogens is 518 g/mol. The number of aliphatic hydroxyl groups excluding tert-OH is 2. The van der Waals surface area contributed by atoms with Crippen LogP contribution in [-0.2, 0) is 4.79 Å². The van der Waals surface area contributed by atoms with Crippen molar-refractivity contribution in [3.63, 3.8) is 0 Å². The minimum atomic E-state index is -0.966. The average molecular weight is 580 g/mol. The summed E-state index contributed by atoms with van der Waals surface area (Å²) in [5.74, 6) is -0.473. The molecule has 0 amide bonds. The van der Waals surface area contributed by atoms with Gasteiger partial charge in [0.15, 0.2) is 0 Å². The van der Waals surface area contributed by atoms with E-state index in [9.17, 15) is 25.2 Å². The van der Waals surface area contributed by atoms with Gasteiger partial charge in [0.1, 0.15) is 0 Å². The number of carboxylic acids is 1. The molecule has 1 saturated carbocycles. The van der Waals surface area contributed by atoms with Gasteiger partial charge in [-0.05, 0) is 87.9 Å². The molecule has 0 aromatic rings. The number of hydrogen-bond acceptors (Lipinski definition) is 7. The number of allylic oxidation sites excluding steroid dienone is 2. The Morgan fingerprint density at radius 3 is 2.24 bits per heavy atom. The Bertz CT molecular complexity index is 804. The smallest absolute Gasteiger partial charge is 0.309 e. The van der Waals surface area contributed by atoms with Gasteiger partial charge in [-0.3, -0.25) is 4.79 Å². The second-order valence-electron chi connectivity index (χ2n) is 12.8. The molecule has 41 heavy (non-hydrogen) atoms. The first-order chi connectivity index (χ1) is 19.7. The standard InChI is InChI=1S/C33H61N3O5/c1-3-5-6-7-10-13-28(37)14-11-8-9-12-15-29(32(39)40)30(38)16-18-33(41)22-26(27(23-33)24-35-4-2)20-25-17-19-36-31(34)21-25/h17,21,26-30,35-38,41H,3-16,18-20,22-24,34H2,1-2H3,(H,39,40). The molecule has 6 atom stereocenters. The van der Waals surface area contributed by atoms with E-state index in [1.165, 1.54) is 31.3 Å². The zero-order valence-corrected chi connectivity index (χ0v) is 26.0. The molecule has 1 fully saturated rings. The molecule has 1 heterocycles. The fraction of sp³-hybridized carbons (Fsp3) is 0.848. The Kier molecular flexibility index (Phi) is 17.0. The van der Waals surface area contributed by atoms with E-state index >= 15 is 0 Å². The Morgan fingerprint density at radius 2 is 1.63 bits per heavy atom. The molecule has 0 aromatic carbocycles. The maximum atomic E-state index is 12.0. The van der Waals surface area contributed by atoms with Crippen LogP contribution in [0.15, 0.2) is 23.5 Å². The van der Waals surface area contributed by atoms with Crippen LogP contribution in [0.5, 0.6) is 0 Å². The molecule has 0 radical (unpaired) electrons. The number of carbonyl (C=O) groups is 1. The third kappa shape index (κ3) is 13.9. The number of carboxylic acid groups (broad SMARTS) is 1. The molecular formula is C33H61N3O5. The Balaban J connectivity index is 1.74. The van der Waals surface area contributed by atoms with Crippen molar-refractivity contribution in [3.8, 4) is 0 Å². The summed E-state index contributed by atoms with van der Waals surface area (Å²) in [7, 11) is 0. The number of aliphatic hydroxyl groups is 3. The lowest BCUT2D eigenvalue weighted by Gasteiger charge is -2.26. The predicted octanol–water partition coefficient (Wildman–Crippen LogP) is 4.98. The summed E-state index contributed by atoms with van der Waals surface area (Å²) in [4.78, 5) is 12.0. The van der Waals surface area contributed by atoms with Crippen molar-refractivity contribution in [2.75, 3.05) is 19.6 Å². The third-order valence-corrected chi connectivity index (χ3v) is 9.25. The monoisotopic (exact) mass is 579 g/mol. The molecule has 238 valence electrons. The zero-order valence-electron chi connectivity index (χ0n) is 26.0. The second-order valence-corrected chi connectivity index (χ2v) is 12.8. The third-order valence-electron chi connectivity index (χ3n) is 9.25. The van der Waals surface area contributed by atoms with Crippen molar-refractivity contribution in [2.24, 2.45) is 23.5 Å². The topological polar surface area (TPSA) is 148 Å². The highest BCUT2D eigenvalue weighted by Crippen LogP contribution is 2.45. The van der Waals surface area contributed by atoms with Gasteiger partial charge in [0.2, 0.25) is 0 Å². The Hall–Kier alpha value is -1.61. The van der Waals surface area contributed by atoms with E-state index in [4.69, 9.17) is 5.73 Å². The first-order valence-corrected chi connectivity index (χ1v) is 16.6. The van der Waals surface area contributed by atoms with Crippen molar-refractivity contribution < 1.29 is 25.2 Å². The number of nitrogens with one attached hydrogen (secondary N) is 2. The normalized spacial score (nSPS) is 24.8. The first kappa shape index (κ1) is 35.6. The van der Waals surface area contributed by atoms with Crippen molar-refractivity contribution in [1.29, 1.82) is 0 Å². The fourth-order valence-corrected chi connectivity index (χ4v) is 6.78. The predicted molar refractivity (Wildman–Crippen MR) is 166 cm³/mol. The van der Waals surface area contributed by atoms with Crippen LogP contribution in [0.1, 0.15) is 123 Å². The lowest BCUT2D eigenvalue weighted by molar-refractivity contribution is -0.146. The Labute approximate surface area is 249 Å². The maximum Gasteiger partial charge on any atom is 0.309 e. The highest BCUT2D eigenvalue weighted by atomic mass is 16.4. The van der Waals surface area contributed by atoms with Gasteiger partial charge in [0, 0.05) is 6.54 Å². The summed E-state index contributed by atoms with van der Waals surface area (Å²) in [6, 6.07) is 0. The van der Waals surface area contributed by atoms with Gasteiger partial charge < -0.3 is 36.8 Å². The van der Waals surface area contributed by atoms with E-state index in [0.29, 0.717) is 43.3 Å². The van der Waals surface area contributed by atoms with Crippen LogP contribution < -0.4 is 16.4 Å². The van der Waals surface area contributed by atoms with Crippen LogP contribution in [0.25, 0.3) is 0 Å². The molecule has 6 unspecified atom stereocenters. The SMILES string of the molecule is CCCCCCCC(O)CCCCCCC(C(=O)O)C(O)CCC1(O)CC(CNCC)C(CC2=CCNC(N)=C2)C1. The van der Waals surface area contributed by atoms with Crippen molar-refractivity contribution in [1.82, 2.24) is 10.6 Å². The van der Waals surface area contributed by atoms with E-state index in [1.807, 2.05) is 6.08 Å². The lowest BCUT2D eigenvalue weighted by Crippen LogP contribution is -2.33. The molecule has 0 bridgehead atoms. The molecule has 8 nitrogen and oxygen atoms in total. The molecule has 0 spiro atoms. The van der Waals surface area contributed by atoms with Gasteiger partial charge in [-0.2, -0.15) is 0 Å². The van der Waals surface area contributed by atoms with E-state index in [2.05, 4.69) is 30.6 Å². The van der Waals surface area contributed by atoms with E-state index < -0.39 is 23.6 Å². The Morgan fingerprint density at radius 1 is 1.00 bits per heavy atom. The number of nitrogens with two attached hydrogens (primary N) is 1. The number of aliphatic carboxylic acids is 1. The average Bonchev–Trinajstić information content (AvgIpc) is 3.24. The summed E-state index contributed by atoms with van der Waals surface area (Å²) >= 11 is 0. The van der Waals surface area contributed by atoms with Crippen LogP contribution in [0.4, 0.5) is 0 Å². The van der Waals surface area contributed by atoms with E-state index in [0.717, 1.165) is 71.0 Å². The van der Waals surface area contributed by atoms with E-state index in [-0.39, 0.29) is 12.5 Å².